The van der Waals surface area contributed by atoms with E-state index in [-0.39, 0.29) is 41.5 Å². The molecule has 1 saturated carbocycles. The van der Waals surface area contributed by atoms with Gasteiger partial charge in [0.15, 0.2) is 5.96 Å². The molecule has 2 unspecified atom stereocenters. The topological polar surface area (TPSA) is 61.8 Å². The molecule has 1 aliphatic carbocycles. The highest BCUT2D eigenvalue weighted by molar-refractivity contribution is 14.0. The van der Waals surface area contributed by atoms with Crippen molar-refractivity contribution in [3.63, 3.8) is 0 Å². The summed E-state index contributed by atoms with van der Waals surface area (Å²) in [7, 11) is 1.70. The van der Waals surface area contributed by atoms with Gasteiger partial charge in [0.1, 0.15) is 11.6 Å². The van der Waals surface area contributed by atoms with Crippen LogP contribution < -0.4 is 15.4 Å². The molecule has 1 aliphatic heterocycles. The first-order chi connectivity index (χ1) is 13.3. The third-order valence-corrected chi connectivity index (χ3v) is 5.24. The Kier molecular flexibility index (Phi) is 8.65. The smallest absolute Gasteiger partial charge is 0.417 e. The minimum atomic E-state index is -4.48. The Bertz CT molecular complexity index is 717. The average molecular weight is 548 g/mol. The van der Waals surface area contributed by atoms with Crippen molar-refractivity contribution in [1.29, 1.82) is 0 Å². The van der Waals surface area contributed by atoms with Gasteiger partial charge in [-0.05, 0) is 32.3 Å². The van der Waals surface area contributed by atoms with E-state index in [9.17, 15) is 13.2 Å². The van der Waals surface area contributed by atoms with Crippen molar-refractivity contribution in [2.75, 3.05) is 26.7 Å². The molecule has 0 aromatic carbocycles. The minimum Gasteiger partial charge on any atom is -0.475 e. The van der Waals surface area contributed by atoms with Crippen molar-refractivity contribution in [3.8, 4) is 5.88 Å². The number of aliphatic imine (C=N–C) groups is 1. The van der Waals surface area contributed by atoms with Gasteiger partial charge in [-0.2, -0.15) is 13.2 Å². The van der Waals surface area contributed by atoms with E-state index in [0.29, 0.717) is 30.8 Å². The maximum atomic E-state index is 12.6. The summed E-state index contributed by atoms with van der Waals surface area (Å²) in [5, 5.41) is 6.39. The van der Waals surface area contributed by atoms with Crippen molar-refractivity contribution in [2.45, 2.75) is 50.5 Å². The molecular formula is C18H26ClF3IN5O. The molecule has 3 rings (SSSR count). The lowest BCUT2D eigenvalue weighted by Gasteiger charge is -2.20. The van der Waals surface area contributed by atoms with Gasteiger partial charge in [0.05, 0.1) is 12.1 Å². The van der Waals surface area contributed by atoms with Crippen molar-refractivity contribution >= 4 is 41.5 Å². The van der Waals surface area contributed by atoms with Crippen LogP contribution in [0.3, 0.4) is 0 Å². The maximum Gasteiger partial charge on any atom is 0.417 e. The zero-order valence-electron chi connectivity index (χ0n) is 16.3. The number of ether oxygens (including phenoxy) is 1. The molecule has 0 spiro atoms. The first kappa shape index (κ1) is 24.3. The summed E-state index contributed by atoms with van der Waals surface area (Å²) in [5.74, 6) is 0.647. The van der Waals surface area contributed by atoms with Crippen LogP contribution in [0.15, 0.2) is 17.3 Å². The highest BCUT2D eigenvalue weighted by Gasteiger charge is 2.38. The zero-order chi connectivity index (χ0) is 20.3. The van der Waals surface area contributed by atoms with E-state index in [1.54, 1.807) is 7.05 Å². The Morgan fingerprint density at radius 2 is 2.14 bits per heavy atom. The number of hydrogen-bond acceptors (Lipinski definition) is 4. The average Bonchev–Trinajstić information content (AvgIpc) is 3.41. The molecule has 164 valence electrons. The van der Waals surface area contributed by atoms with Crippen LogP contribution in [0.5, 0.6) is 5.88 Å². The van der Waals surface area contributed by atoms with E-state index < -0.39 is 11.7 Å². The van der Waals surface area contributed by atoms with E-state index in [1.165, 1.54) is 12.8 Å². The second-order valence-electron chi connectivity index (χ2n) is 7.21. The Morgan fingerprint density at radius 3 is 2.72 bits per heavy atom. The molecule has 11 heteroatoms. The van der Waals surface area contributed by atoms with Crippen LogP contribution in [0.25, 0.3) is 0 Å². The minimum absolute atomic E-state index is 0. The third-order valence-electron chi connectivity index (χ3n) is 4.97. The van der Waals surface area contributed by atoms with E-state index in [1.807, 2.05) is 0 Å². The van der Waals surface area contributed by atoms with Gasteiger partial charge in [-0.15, -0.1) is 24.0 Å². The lowest BCUT2D eigenvalue weighted by molar-refractivity contribution is -0.137. The summed E-state index contributed by atoms with van der Waals surface area (Å²) >= 11 is 5.83. The molecule has 0 radical (unpaired) electrons. The number of pyridine rings is 1. The fourth-order valence-corrected chi connectivity index (χ4v) is 3.69. The summed E-state index contributed by atoms with van der Waals surface area (Å²) < 4.78 is 43.3. The quantitative estimate of drug-likeness (QED) is 0.247. The Balaban J connectivity index is 0.00000300. The first-order valence-corrected chi connectivity index (χ1v) is 9.74. The van der Waals surface area contributed by atoms with E-state index in [0.717, 1.165) is 25.1 Å². The molecule has 1 aromatic heterocycles. The Labute approximate surface area is 190 Å². The van der Waals surface area contributed by atoms with E-state index >= 15 is 0 Å². The van der Waals surface area contributed by atoms with Crippen LogP contribution in [-0.2, 0) is 6.18 Å². The molecule has 29 heavy (non-hydrogen) atoms. The van der Waals surface area contributed by atoms with Gasteiger partial charge < -0.3 is 15.4 Å². The van der Waals surface area contributed by atoms with Crippen LogP contribution in [0, 0.1) is 0 Å². The molecule has 0 amide bonds. The van der Waals surface area contributed by atoms with Gasteiger partial charge in [-0.3, -0.25) is 9.89 Å². The molecule has 2 aliphatic rings. The van der Waals surface area contributed by atoms with Crippen LogP contribution in [-0.4, -0.2) is 60.7 Å². The van der Waals surface area contributed by atoms with Gasteiger partial charge in [0, 0.05) is 37.9 Å². The van der Waals surface area contributed by atoms with Crippen LogP contribution >= 0.6 is 35.6 Å². The molecule has 2 N–H and O–H groups in total. The number of likely N-dealkylation sites (tertiary alicyclic amines) is 1. The summed E-state index contributed by atoms with van der Waals surface area (Å²) in [6, 6.07) is 2.46. The first-order valence-electron chi connectivity index (χ1n) is 9.36. The predicted octanol–water partition coefficient (Wildman–Crippen LogP) is 3.54. The summed E-state index contributed by atoms with van der Waals surface area (Å²) in [6.45, 7) is 3.86. The fraction of sp³-hybridized carbons (Fsp3) is 0.667. The number of guanidine groups is 1. The predicted molar refractivity (Wildman–Crippen MR) is 117 cm³/mol. The molecule has 6 nitrogen and oxygen atoms in total. The van der Waals surface area contributed by atoms with Crippen LogP contribution in [0.2, 0.25) is 5.02 Å². The fourth-order valence-electron chi connectivity index (χ4n) is 3.47. The van der Waals surface area contributed by atoms with E-state index in [2.05, 4.69) is 32.4 Å². The molecule has 0 bridgehead atoms. The largest absolute Gasteiger partial charge is 0.475 e. The van der Waals surface area contributed by atoms with Crippen molar-refractivity contribution in [1.82, 2.24) is 20.5 Å². The molecular weight excluding hydrogens is 522 g/mol. The van der Waals surface area contributed by atoms with Gasteiger partial charge in [0.25, 0.3) is 0 Å². The van der Waals surface area contributed by atoms with Crippen LogP contribution in [0.1, 0.15) is 31.7 Å². The Morgan fingerprint density at radius 1 is 1.41 bits per heavy atom. The number of hydrogen-bond donors (Lipinski definition) is 2. The summed E-state index contributed by atoms with van der Waals surface area (Å²) in [5.41, 5.74) is -0.904. The third kappa shape index (κ3) is 6.74. The number of aromatic nitrogens is 1. The standard InChI is InChI=1S/C18H25ClF3N5O.HI/c1-11-7-13(10-27(11)14-3-4-14)26-17(23-2)24-5-6-28-16-15(19)8-12(9-25-16)18(20,21)22;/h8-9,11,13-14H,3-7,10H2,1-2H3,(H2,23,24,26);1H. The van der Waals surface area contributed by atoms with Crippen LogP contribution in [0.4, 0.5) is 13.2 Å². The normalized spacial score (nSPS) is 22.9. The lowest BCUT2D eigenvalue weighted by Crippen LogP contribution is -2.45. The van der Waals surface area contributed by atoms with Crippen molar-refractivity contribution in [2.24, 2.45) is 4.99 Å². The maximum absolute atomic E-state index is 12.6. The molecule has 1 aromatic rings. The SMILES string of the molecule is CN=C(NCCOc1ncc(C(F)(F)F)cc1Cl)NC1CC(C)N(C2CC2)C1.I. The van der Waals surface area contributed by atoms with Gasteiger partial charge in [0.2, 0.25) is 5.88 Å². The second kappa shape index (κ2) is 10.3. The highest BCUT2D eigenvalue weighted by atomic mass is 127. The lowest BCUT2D eigenvalue weighted by atomic mass is 10.2. The second-order valence-corrected chi connectivity index (χ2v) is 7.62. The zero-order valence-corrected chi connectivity index (χ0v) is 19.4. The summed E-state index contributed by atoms with van der Waals surface area (Å²) in [6.07, 6.45) is -0.119. The van der Waals surface area contributed by atoms with E-state index in [4.69, 9.17) is 16.3 Å². The van der Waals surface area contributed by atoms with Gasteiger partial charge >= 0.3 is 6.18 Å². The number of alkyl halides is 3. The summed E-state index contributed by atoms with van der Waals surface area (Å²) in [4.78, 5) is 10.4. The van der Waals surface area contributed by atoms with Gasteiger partial charge in [-0.25, -0.2) is 4.98 Å². The number of halogens is 5. The Hall–Kier alpha value is -1.01. The molecule has 2 atom stereocenters. The van der Waals surface area contributed by atoms with Crippen molar-refractivity contribution < 1.29 is 17.9 Å². The molecule has 2 heterocycles. The molecule has 1 saturated heterocycles. The van der Waals surface area contributed by atoms with Gasteiger partial charge in [-0.1, -0.05) is 11.6 Å². The molecule has 2 fully saturated rings. The monoisotopic (exact) mass is 547 g/mol. The number of nitrogens with one attached hydrogen (secondary N) is 2. The number of rotatable bonds is 6. The highest BCUT2D eigenvalue weighted by Crippen LogP contribution is 2.34. The van der Waals surface area contributed by atoms with Crippen molar-refractivity contribution in [3.05, 3.63) is 22.8 Å². The number of nitrogens with zero attached hydrogens (tertiary/aromatic N) is 3.